The van der Waals surface area contributed by atoms with Gasteiger partial charge in [-0.05, 0) is 31.5 Å². The number of rotatable bonds is 9. The molecular formula is C18H24ClNO2. The molecule has 1 atom stereocenters. The third-order valence-corrected chi connectivity index (χ3v) is 3.40. The van der Waals surface area contributed by atoms with Crippen LogP contribution >= 0.6 is 11.6 Å². The van der Waals surface area contributed by atoms with Crippen LogP contribution < -0.4 is 0 Å². The highest BCUT2D eigenvalue weighted by molar-refractivity contribution is 6.30. The van der Waals surface area contributed by atoms with Gasteiger partial charge in [-0.1, -0.05) is 35.9 Å². The second-order valence-corrected chi connectivity index (χ2v) is 5.78. The van der Waals surface area contributed by atoms with Crippen molar-refractivity contribution in [2.45, 2.75) is 32.4 Å². The average Bonchev–Trinajstić information content (AvgIpc) is 2.45. The molecule has 120 valence electrons. The molecule has 22 heavy (non-hydrogen) atoms. The van der Waals surface area contributed by atoms with Gasteiger partial charge in [0.05, 0.1) is 12.5 Å². The van der Waals surface area contributed by atoms with E-state index in [9.17, 15) is 4.79 Å². The van der Waals surface area contributed by atoms with Gasteiger partial charge in [-0.15, -0.1) is 13.2 Å². The van der Waals surface area contributed by atoms with E-state index in [2.05, 4.69) is 18.1 Å². The van der Waals surface area contributed by atoms with Crippen molar-refractivity contribution in [1.29, 1.82) is 0 Å². The first kappa shape index (κ1) is 18.5. The van der Waals surface area contributed by atoms with Crippen molar-refractivity contribution in [3.63, 3.8) is 0 Å². The van der Waals surface area contributed by atoms with Gasteiger partial charge in [0.15, 0.2) is 0 Å². The Hall–Kier alpha value is -1.58. The minimum Gasteiger partial charge on any atom is -0.463 e. The third-order valence-electron chi connectivity index (χ3n) is 3.15. The zero-order valence-electron chi connectivity index (χ0n) is 13.3. The molecule has 1 aromatic rings. The van der Waals surface area contributed by atoms with Crippen LogP contribution in [0.2, 0.25) is 5.02 Å². The van der Waals surface area contributed by atoms with Gasteiger partial charge < -0.3 is 4.74 Å². The number of nitrogens with zero attached hydrogens (tertiary/aromatic N) is 1. The molecule has 0 amide bonds. The fraction of sp³-hybridized carbons (Fsp3) is 0.389. The molecule has 3 nitrogen and oxygen atoms in total. The smallest absolute Gasteiger partial charge is 0.307 e. The fourth-order valence-electron chi connectivity index (χ4n) is 2.27. The fourth-order valence-corrected chi connectivity index (χ4v) is 2.40. The first-order valence-corrected chi connectivity index (χ1v) is 7.76. The molecule has 0 spiro atoms. The zero-order chi connectivity index (χ0) is 16.5. The predicted octanol–water partition coefficient (Wildman–Crippen LogP) is 4.40. The molecule has 0 saturated heterocycles. The lowest BCUT2D eigenvalue weighted by Gasteiger charge is -2.30. The zero-order valence-corrected chi connectivity index (χ0v) is 14.1. The van der Waals surface area contributed by atoms with Gasteiger partial charge in [0.1, 0.15) is 0 Å². The summed E-state index contributed by atoms with van der Waals surface area (Å²) in [5.74, 6) is -0.215. The van der Waals surface area contributed by atoms with Crippen molar-refractivity contribution in [3.05, 3.63) is 60.2 Å². The molecule has 1 aromatic carbocycles. The Morgan fingerprint density at radius 3 is 2.23 bits per heavy atom. The standard InChI is InChI=1S/C18H24ClNO2/c1-5-11-20(12-6-2)17(13-18(21)22-14(3)4)15-7-9-16(19)10-8-15/h5-10,14,17H,1-2,11-13H2,3-4H3. The summed E-state index contributed by atoms with van der Waals surface area (Å²) in [6.45, 7) is 12.6. The predicted molar refractivity (Wildman–Crippen MR) is 92.0 cm³/mol. The molecule has 0 aliphatic heterocycles. The van der Waals surface area contributed by atoms with E-state index in [-0.39, 0.29) is 24.5 Å². The lowest BCUT2D eigenvalue weighted by molar-refractivity contribution is -0.148. The van der Waals surface area contributed by atoms with E-state index in [0.717, 1.165) is 5.56 Å². The van der Waals surface area contributed by atoms with E-state index < -0.39 is 0 Å². The van der Waals surface area contributed by atoms with Gasteiger partial charge in [-0.25, -0.2) is 0 Å². The topological polar surface area (TPSA) is 29.5 Å². The summed E-state index contributed by atoms with van der Waals surface area (Å²) in [4.78, 5) is 14.2. The summed E-state index contributed by atoms with van der Waals surface area (Å²) < 4.78 is 5.29. The number of hydrogen-bond acceptors (Lipinski definition) is 3. The molecule has 0 bridgehead atoms. The van der Waals surface area contributed by atoms with Crippen LogP contribution in [0.1, 0.15) is 31.9 Å². The number of ether oxygens (including phenoxy) is 1. The minimum absolute atomic E-state index is 0.0977. The maximum Gasteiger partial charge on any atom is 0.307 e. The highest BCUT2D eigenvalue weighted by Crippen LogP contribution is 2.26. The first-order valence-electron chi connectivity index (χ1n) is 7.38. The highest BCUT2D eigenvalue weighted by atomic mass is 35.5. The molecule has 0 heterocycles. The van der Waals surface area contributed by atoms with Crippen LogP contribution in [0.5, 0.6) is 0 Å². The minimum atomic E-state index is -0.215. The molecule has 1 unspecified atom stereocenters. The maximum atomic E-state index is 12.1. The Morgan fingerprint density at radius 2 is 1.77 bits per heavy atom. The van der Waals surface area contributed by atoms with E-state index in [4.69, 9.17) is 16.3 Å². The van der Waals surface area contributed by atoms with Crippen molar-refractivity contribution in [2.75, 3.05) is 13.1 Å². The van der Waals surface area contributed by atoms with E-state index in [1.807, 2.05) is 50.3 Å². The van der Waals surface area contributed by atoms with Crippen molar-refractivity contribution < 1.29 is 9.53 Å². The number of hydrogen-bond donors (Lipinski definition) is 0. The lowest BCUT2D eigenvalue weighted by Crippen LogP contribution is -2.31. The summed E-state index contributed by atoms with van der Waals surface area (Å²) in [5.41, 5.74) is 1.02. The monoisotopic (exact) mass is 321 g/mol. The van der Waals surface area contributed by atoms with E-state index in [1.165, 1.54) is 0 Å². The molecule has 0 aliphatic carbocycles. The summed E-state index contributed by atoms with van der Waals surface area (Å²) in [6, 6.07) is 7.44. The number of carbonyl (C=O) groups excluding carboxylic acids is 1. The number of halogens is 1. The number of benzene rings is 1. The number of esters is 1. The second kappa shape index (κ2) is 9.44. The van der Waals surface area contributed by atoms with Gasteiger partial charge in [0.2, 0.25) is 0 Å². The Labute approximate surface area is 138 Å². The molecule has 0 fully saturated rings. The summed E-state index contributed by atoms with van der Waals surface area (Å²) >= 11 is 5.96. The van der Waals surface area contributed by atoms with Crippen LogP contribution in [-0.2, 0) is 9.53 Å². The van der Waals surface area contributed by atoms with Crippen molar-refractivity contribution in [3.8, 4) is 0 Å². The largest absolute Gasteiger partial charge is 0.463 e. The van der Waals surface area contributed by atoms with E-state index in [0.29, 0.717) is 18.1 Å². The van der Waals surface area contributed by atoms with Gasteiger partial charge >= 0.3 is 5.97 Å². The average molecular weight is 322 g/mol. The highest BCUT2D eigenvalue weighted by Gasteiger charge is 2.23. The van der Waals surface area contributed by atoms with Gasteiger partial charge in [0.25, 0.3) is 0 Å². The van der Waals surface area contributed by atoms with Crippen LogP contribution in [0.4, 0.5) is 0 Å². The molecular weight excluding hydrogens is 298 g/mol. The molecule has 0 radical (unpaired) electrons. The van der Waals surface area contributed by atoms with Crippen LogP contribution in [0.3, 0.4) is 0 Å². The second-order valence-electron chi connectivity index (χ2n) is 5.34. The van der Waals surface area contributed by atoms with Crippen molar-refractivity contribution in [1.82, 2.24) is 4.90 Å². The molecule has 0 aromatic heterocycles. The van der Waals surface area contributed by atoms with Crippen LogP contribution in [0.15, 0.2) is 49.6 Å². The Bertz CT molecular complexity index is 486. The normalized spacial score (nSPS) is 12.2. The molecule has 0 N–H and O–H groups in total. The van der Waals surface area contributed by atoms with Crippen LogP contribution in [0, 0.1) is 0 Å². The third kappa shape index (κ3) is 6.04. The van der Waals surface area contributed by atoms with Gasteiger partial charge in [-0.3, -0.25) is 9.69 Å². The van der Waals surface area contributed by atoms with Gasteiger partial charge in [0, 0.05) is 24.2 Å². The molecule has 1 rings (SSSR count). The van der Waals surface area contributed by atoms with Crippen molar-refractivity contribution in [2.24, 2.45) is 0 Å². The van der Waals surface area contributed by atoms with E-state index in [1.54, 1.807) is 0 Å². The van der Waals surface area contributed by atoms with Gasteiger partial charge in [-0.2, -0.15) is 0 Å². The SMILES string of the molecule is C=CCN(CC=C)C(CC(=O)OC(C)C)c1ccc(Cl)cc1. The quantitative estimate of drug-likeness (QED) is 0.499. The lowest BCUT2D eigenvalue weighted by atomic mass is 10.0. The maximum absolute atomic E-state index is 12.1. The summed E-state index contributed by atoms with van der Waals surface area (Å²) in [7, 11) is 0. The summed E-state index contributed by atoms with van der Waals surface area (Å²) in [5, 5.41) is 0.672. The molecule has 0 saturated carbocycles. The number of carbonyl (C=O) groups is 1. The molecule has 4 heteroatoms. The van der Waals surface area contributed by atoms with E-state index >= 15 is 0 Å². The summed E-state index contributed by atoms with van der Waals surface area (Å²) in [6.07, 6.45) is 3.80. The molecule has 0 aliphatic rings. The Kier molecular flexibility index (Phi) is 7.92. The van der Waals surface area contributed by atoms with Crippen LogP contribution in [-0.4, -0.2) is 30.1 Å². The first-order chi connectivity index (χ1) is 10.5. The Morgan fingerprint density at radius 1 is 1.23 bits per heavy atom. The Balaban J connectivity index is 3.01. The van der Waals surface area contributed by atoms with Crippen molar-refractivity contribution >= 4 is 17.6 Å². The van der Waals surface area contributed by atoms with Crippen LogP contribution in [0.25, 0.3) is 0 Å².